The van der Waals surface area contributed by atoms with Gasteiger partial charge >= 0.3 is 6.18 Å². The molecule has 1 aliphatic heterocycles. The summed E-state index contributed by atoms with van der Waals surface area (Å²) in [6.07, 6.45) is -1.14. The predicted octanol–water partition coefficient (Wildman–Crippen LogP) is 4.71. The number of carbonyl (C=O) groups is 1. The number of aliphatic imine (C=N–C) groups is 1. The molecular weight excluding hydrogens is 453 g/mol. The van der Waals surface area contributed by atoms with Crippen LogP contribution in [0, 0.1) is 0 Å². The van der Waals surface area contributed by atoms with Gasteiger partial charge in [-0.3, -0.25) is 4.79 Å². The fraction of sp³-hybridized carbons (Fsp3) is 0.182. The number of nitrogens with zero attached hydrogens (tertiary/aromatic N) is 5. The summed E-state index contributed by atoms with van der Waals surface area (Å²) in [5.74, 6) is 0.969. The molecule has 0 amide bonds. The Morgan fingerprint density at radius 3 is 2.74 bits per heavy atom. The third-order valence-corrected chi connectivity index (χ3v) is 5.12. The first-order valence-corrected chi connectivity index (χ1v) is 10.1. The number of carbonyl (C=O) groups excluding carboxylic acids is 1. The summed E-state index contributed by atoms with van der Waals surface area (Å²) in [7, 11) is 0. The summed E-state index contributed by atoms with van der Waals surface area (Å²) in [5.41, 5.74) is 1.45. The molecule has 0 aliphatic carbocycles. The number of alkyl halides is 3. The van der Waals surface area contributed by atoms with E-state index in [1.807, 2.05) is 0 Å². The number of rotatable bonds is 7. The Labute approximate surface area is 189 Å². The van der Waals surface area contributed by atoms with Crippen LogP contribution in [0.5, 0.6) is 0 Å². The van der Waals surface area contributed by atoms with Crippen molar-refractivity contribution in [3.63, 3.8) is 0 Å². The lowest BCUT2D eigenvalue weighted by Gasteiger charge is -2.07. The normalized spacial score (nSPS) is 13.0. The maximum absolute atomic E-state index is 12.9. The molecule has 0 fully saturated rings. The van der Waals surface area contributed by atoms with Crippen molar-refractivity contribution in [2.75, 3.05) is 5.32 Å². The van der Waals surface area contributed by atoms with E-state index in [2.05, 4.69) is 30.6 Å². The monoisotopic (exact) mass is 468 g/mol. The third-order valence-electron chi connectivity index (χ3n) is 5.12. The highest BCUT2D eigenvalue weighted by Crippen LogP contribution is 2.36. The second kappa shape index (κ2) is 8.54. The Morgan fingerprint density at radius 2 is 1.94 bits per heavy atom. The van der Waals surface area contributed by atoms with Gasteiger partial charge in [0.1, 0.15) is 24.1 Å². The van der Waals surface area contributed by atoms with Gasteiger partial charge in [-0.25, -0.2) is 15.0 Å². The van der Waals surface area contributed by atoms with Crippen LogP contribution in [0.2, 0.25) is 0 Å². The van der Waals surface area contributed by atoms with Crippen molar-refractivity contribution in [1.82, 2.24) is 20.3 Å². The smallest absolute Gasteiger partial charge is 0.363 e. The molecule has 5 rings (SSSR count). The van der Waals surface area contributed by atoms with Crippen molar-refractivity contribution in [3.8, 4) is 0 Å². The van der Waals surface area contributed by atoms with Crippen molar-refractivity contribution < 1.29 is 27.0 Å². The molecular formula is C22H15F3N6O3. The molecule has 1 aliphatic rings. The molecule has 9 nitrogen and oxygen atoms in total. The van der Waals surface area contributed by atoms with Crippen LogP contribution in [0.1, 0.15) is 39.5 Å². The Hall–Kier alpha value is -4.35. The van der Waals surface area contributed by atoms with Crippen molar-refractivity contribution >= 4 is 28.8 Å². The van der Waals surface area contributed by atoms with Crippen molar-refractivity contribution in [2.24, 2.45) is 4.99 Å². The van der Waals surface area contributed by atoms with Crippen LogP contribution in [0.3, 0.4) is 0 Å². The average molecular weight is 468 g/mol. The van der Waals surface area contributed by atoms with Crippen LogP contribution < -0.4 is 5.32 Å². The molecule has 34 heavy (non-hydrogen) atoms. The SMILES string of the molecule is O=C(CCc1cc(C2=Nc3ccc(C(F)(F)F)cc3C2)on1)c1cc(Nc2ccon2)ncn1. The minimum Gasteiger partial charge on any atom is -0.363 e. The van der Waals surface area contributed by atoms with Crippen LogP contribution in [0.4, 0.5) is 30.5 Å². The summed E-state index contributed by atoms with van der Waals surface area (Å²) in [6.45, 7) is 0. The predicted molar refractivity (Wildman–Crippen MR) is 112 cm³/mol. The van der Waals surface area contributed by atoms with Crippen molar-refractivity contribution in [2.45, 2.75) is 25.4 Å². The fourth-order valence-electron chi connectivity index (χ4n) is 3.44. The van der Waals surface area contributed by atoms with E-state index in [1.165, 1.54) is 24.7 Å². The Bertz CT molecular complexity index is 1380. The van der Waals surface area contributed by atoms with E-state index in [0.29, 0.717) is 40.1 Å². The Balaban J connectivity index is 1.21. The number of hydrogen-bond donors (Lipinski definition) is 1. The van der Waals surface area contributed by atoms with Gasteiger partial charge in [0.15, 0.2) is 17.4 Å². The maximum Gasteiger partial charge on any atom is 0.416 e. The fourth-order valence-corrected chi connectivity index (χ4v) is 3.44. The minimum atomic E-state index is -4.42. The molecule has 12 heteroatoms. The topological polar surface area (TPSA) is 119 Å². The number of Topliss-reactive ketones (excluding diaryl/α,β-unsaturated/α-hetero) is 1. The highest BCUT2D eigenvalue weighted by atomic mass is 19.4. The van der Waals surface area contributed by atoms with Gasteiger partial charge in [-0.1, -0.05) is 10.3 Å². The number of halogens is 3. The van der Waals surface area contributed by atoms with Gasteiger partial charge in [-0.2, -0.15) is 13.2 Å². The first kappa shape index (κ1) is 21.5. The second-order valence-corrected chi connectivity index (χ2v) is 7.48. The maximum atomic E-state index is 12.9. The molecule has 1 N–H and O–H groups in total. The third kappa shape index (κ3) is 4.56. The van der Waals surface area contributed by atoms with Gasteiger partial charge in [0.25, 0.3) is 0 Å². The van der Waals surface area contributed by atoms with Crippen molar-refractivity contribution in [3.05, 3.63) is 77.3 Å². The van der Waals surface area contributed by atoms with E-state index < -0.39 is 11.7 Å². The van der Waals surface area contributed by atoms with Crippen LogP contribution >= 0.6 is 0 Å². The van der Waals surface area contributed by atoms with E-state index in [9.17, 15) is 18.0 Å². The van der Waals surface area contributed by atoms with Gasteiger partial charge in [-0.15, -0.1) is 0 Å². The van der Waals surface area contributed by atoms with Gasteiger partial charge in [-0.05, 0) is 23.8 Å². The lowest BCUT2D eigenvalue weighted by molar-refractivity contribution is -0.137. The summed E-state index contributed by atoms with van der Waals surface area (Å²) >= 11 is 0. The molecule has 0 radical (unpaired) electrons. The van der Waals surface area contributed by atoms with E-state index in [4.69, 9.17) is 9.05 Å². The Kier molecular flexibility index (Phi) is 5.40. The number of aryl methyl sites for hydroxylation is 1. The quantitative estimate of drug-likeness (QED) is 0.388. The average Bonchev–Trinajstić information content (AvgIpc) is 3.57. The second-order valence-electron chi connectivity index (χ2n) is 7.48. The number of fused-ring (bicyclic) bond motifs is 1. The number of benzene rings is 1. The molecule has 0 atom stereocenters. The first-order valence-electron chi connectivity index (χ1n) is 10.1. The molecule has 3 aromatic heterocycles. The lowest BCUT2D eigenvalue weighted by atomic mass is 10.0. The molecule has 4 heterocycles. The molecule has 0 bridgehead atoms. The van der Waals surface area contributed by atoms with Crippen LogP contribution in [-0.2, 0) is 19.0 Å². The minimum absolute atomic E-state index is 0.119. The molecule has 0 unspecified atom stereocenters. The summed E-state index contributed by atoms with van der Waals surface area (Å²) in [6, 6.07) is 8.19. The number of anilines is 2. The number of ketones is 1. The number of aromatic nitrogens is 4. The van der Waals surface area contributed by atoms with Crippen LogP contribution in [-0.4, -0.2) is 31.8 Å². The summed E-state index contributed by atoms with van der Waals surface area (Å²) in [4.78, 5) is 25.0. The van der Waals surface area contributed by atoms with Crippen LogP contribution in [0.15, 0.2) is 63.0 Å². The summed E-state index contributed by atoms with van der Waals surface area (Å²) in [5, 5.41) is 10.6. The van der Waals surface area contributed by atoms with E-state index >= 15 is 0 Å². The molecule has 0 spiro atoms. The molecule has 0 saturated carbocycles. The van der Waals surface area contributed by atoms with Gasteiger partial charge in [0, 0.05) is 37.5 Å². The van der Waals surface area contributed by atoms with Gasteiger partial charge < -0.3 is 14.4 Å². The molecule has 172 valence electrons. The van der Waals surface area contributed by atoms with Gasteiger partial charge in [0.05, 0.1) is 22.7 Å². The molecule has 0 saturated heterocycles. The van der Waals surface area contributed by atoms with Crippen molar-refractivity contribution in [1.29, 1.82) is 0 Å². The highest BCUT2D eigenvalue weighted by molar-refractivity contribution is 6.04. The van der Waals surface area contributed by atoms with E-state index in [0.717, 1.165) is 12.1 Å². The number of nitrogens with one attached hydrogen (secondary N) is 1. The van der Waals surface area contributed by atoms with Gasteiger partial charge in [0.2, 0.25) is 0 Å². The molecule has 4 aromatic rings. The molecule has 1 aromatic carbocycles. The lowest BCUT2D eigenvalue weighted by Crippen LogP contribution is -2.06. The summed E-state index contributed by atoms with van der Waals surface area (Å²) < 4.78 is 48.9. The standard InChI is InChI=1S/C22H15F3N6O3/c23-22(24,25)13-1-3-15-12(7-13)8-17(28-15)19-9-14(30-34-19)2-4-18(32)16-10-21(27-11-26-16)29-20-5-6-33-31-20/h1,3,5-7,9-11H,2,4,8H2,(H,26,27,29,31). The zero-order chi connectivity index (χ0) is 23.7. The largest absolute Gasteiger partial charge is 0.416 e. The Morgan fingerprint density at radius 1 is 1.06 bits per heavy atom. The van der Waals surface area contributed by atoms with E-state index in [-0.39, 0.29) is 30.7 Å². The van der Waals surface area contributed by atoms with Crippen LogP contribution in [0.25, 0.3) is 0 Å². The zero-order valence-corrected chi connectivity index (χ0v) is 17.3. The number of hydrogen-bond acceptors (Lipinski definition) is 9. The van der Waals surface area contributed by atoms with E-state index in [1.54, 1.807) is 12.1 Å². The highest BCUT2D eigenvalue weighted by Gasteiger charge is 2.32. The first-order chi connectivity index (χ1) is 16.3. The zero-order valence-electron chi connectivity index (χ0n) is 17.3.